The number of carbonyl (C=O) groups excluding carboxylic acids is 1. The number of hydrogen-bond donors (Lipinski definition) is 2. The Bertz CT molecular complexity index is 652. The number of amides is 1. The maximum absolute atomic E-state index is 12.2. The first-order valence-corrected chi connectivity index (χ1v) is 8.94. The molecule has 7 heteroatoms. The maximum Gasteiger partial charge on any atom is 0.237 e. The lowest BCUT2D eigenvalue weighted by atomic mass is 10.2. The molecule has 5 nitrogen and oxygen atoms in total. The molecule has 3 rings (SSSR count). The van der Waals surface area contributed by atoms with Crippen LogP contribution in [0.5, 0.6) is 0 Å². The van der Waals surface area contributed by atoms with Crippen LogP contribution in [0, 0.1) is 6.92 Å². The molecule has 0 saturated heterocycles. The number of hydrogen-bond acceptors (Lipinski definition) is 6. The van der Waals surface area contributed by atoms with Gasteiger partial charge in [0, 0.05) is 11.7 Å². The van der Waals surface area contributed by atoms with E-state index in [1.54, 1.807) is 0 Å². The molecule has 1 aromatic heterocycles. The van der Waals surface area contributed by atoms with Gasteiger partial charge in [0.25, 0.3) is 0 Å². The largest absolute Gasteiger partial charge is 0.357 e. The standard InChI is InChI=1S/C15H18N4OS2/c1-9-3-5-11(6-4-9)16-13(20)10(2)21-15-19-18-14(22-15)17-12-7-8-12/h3-6,10,12H,7-8H2,1-2H3,(H,16,20)(H,17,18). The fraction of sp³-hybridized carbons (Fsp3) is 0.400. The summed E-state index contributed by atoms with van der Waals surface area (Å²) in [6.45, 7) is 3.90. The number of aryl methyl sites for hydroxylation is 1. The highest BCUT2D eigenvalue weighted by Crippen LogP contribution is 2.32. The minimum Gasteiger partial charge on any atom is -0.357 e. The number of benzene rings is 1. The monoisotopic (exact) mass is 334 g/mol. The third-order valence-corrected chi connectivity index (χ3v) is 5.32. The number of carbonyl (C=O) groups is 1. The van der Waals surface area contributed by atoms with Gasteiger partial charge in [-0.2, -0.15) is 0 Å². The lowest BCUT2D eigenvalue weighted by Gasteiger charge is -2.10. The molecule has 0 radical (unpaired) electrons. The van der Waals surface area contributed by atoms with Crippen LogP contribution < -0.4 is 10.6 Å². The first-order valence-electron chi connectivity index (χ1n) is 7.24. The molecule has 2 aromatic rings. The summed E-state index contributed by atoms with van der Waals surface area (Å²) in [5.41, 5.74) is 1.99. The summed E-state index contributed by atoms with van der Waals surface area (Å²) in [6.07, 6.45) is 2.41. The maximum atomic E-state index is 12.2. The van der Waals surface area contributed by atoms with Crippen LogP contribution in [-0.4, -0.2) is 27.4 Å². The molecular weight excluding hydrogens is 316 g/mol. The van der Waals surface area contributed by atoms with Gasteiger partial charge >= 0.3 is 0 Å². The van der Waals surface area contributed by atoms with Crippen molar-refractivity contribution >= 4 is 39.8 Å². The molecule has 1 fully saturated rings. The zero-order valence-corrected chi connectivity index (χ0v) is 14.1. The first kappa shape index (κ1) is 15.3. The van der Waals surface area contributed by atoms with Gasteiger partial charge in [0.1, 0.15) is 0 Å². The van der Waals surface area contributed by atoms with E-state index in [1.807, 2.05) is 38.1 Å². The molecule has 1 atom stereocenters. The molecule has 1 unspecified atom stereocenters. The molecule has 2 N–H and O–H groups in total. The van der Waals surface area contributed by atoms with E-state index in [-0.39, 0.29) is 11.2 Å². The van der Waals surface area contributed by atoms with Gasteiger partial charge in [-0.25, -0.2) is 0 Å². The van der Waals surface area contributed by atoms with Crippen molar-refractivity contribution in [2.24, 2.45) is 0 Å². The van der Waals surface area contributed by atoms with Crippen LogP contribution in [0.2, 0.25) is 0 Å². The van der Waals surface area contributed by atoms with Crippen LogP contribution >= 0.6 is 23.1 Å². The minimum absolute atomic E-state index is 0.0271. The molecular formula is C15H18N4OS2. The molecule has 1 aliphatic rings. The van der Waals surface area contributed by atoms with Crippen LogP contribution in [0.4, 0.5) is 10.8 Å². The summed E-state index contributed by atoms with van der Waals surface area (Å²) in [7, 11) is 0. The van der Waals surface area contributed by atoms with Crippen molar-refractivity contribution < 1.29 is 4.79 Å². The third kappa shape index (κ3) is 4.20. The zero-order chi connectivity index (χ0) is 15.5. The molecule has 0 spiro atoms. The molecule has 0 aliphatic heterocycles. The van der Waals surface area contributed by atoms with Crippen molar-refractivity contribution in [3.63, 3.8) is 0 Å². The van der Waals surface area contributed by atoms with Crippen molar-refractivity contribution in [1.29, 1.82) is 0 Å². The Morgan fingerprint density at radius 2 is 2.05 bits per heavy atom. The quantitative estimate of drug-likeness (QED) is 0.791. The Morgan fingerprint density at radius 1 is 1.32 bits per heavy atom. The normalized spacial score (nSPS) is 15.4. The molecule has 1 amide bonds. The van der Waals surface area contributed by atoms with Gasteiger partial charge in [-0.3, -0.25) is 4.79 Å². The predicted octanol–water partition coefficient (Wildman–Crippen LogP) is 3.54. The topological polar surface area (TPSA) is 66.9 Å². The first-order chi connectivity index (χ1) is 10.6. The van der Waals surface area contributed by atoms with Crippen molar-refractivity contribution in [3.8, 4) is 0 Å². The van der Waals surface area contributed by atoms with E-state index >= 15 is 0 Å². The Kier molecular flexibility index (Phi) is 4.63. The SMILES string of the molecule is Cc1ccc(NC(=O)C(C)Sc2nnc(NC3CC3)s2)cc1. The van der Waals surface area contributed by atoms with Crippen LogP contribution in [0.3, 0.4) is 0 Å². The third-order valence-electron chi connectivity index (χ3n) is 3.28. The second-order valence-corrected chi connectivity index (χ2v) is 7.97. The Balaban J connectivity index is 1.53. The van der Waals surface area contributed by atoms with Gasteiger partial charge in [0.2, 0.25) is 11.0 Å². The van der Waals surface area contributed by atoms with Crippen molar-refractivity contribution in [2.45, 2.75) is 42.3 Å². The summed E-state index contributed by atoms with van der Waals surface area (Å²) in [5.74, 6) is -0.0271. The lowest BCUT2D eigenvalue weighted by molar-refractivity contribution is -0.115. The predicted molar refractivity (Wildman–Crippen MR) is 91.7 cm³/mol. The van der Waals surface area contributed by atoms with E-state index in [0.29, 0.717) is 6.04 Å². The second kappa shape index (κ2) is 6.66. The Morgan fingerprint density at radius 3 is 2.73 bits per heavy atom. The van der Waals surface area contributed by atoms with E-state index in [9.17, 15) is 4.79 Å². The van der Waals surface area contributed by atoms with E-state index in [4.69, 9.17) is 0 Å². The Hall–Kier alpha value is -1.60. The summed E-state index contributed by atoms with van der Waals surface area (Å²) in [4.78, 5) is 12.2. The number of rotatable bonds is 6. The zero-order valence-electron chi connectivity index (χ0n) is 12.5. The van der Waals surface area contributed by atoms with E-state index < -0.39 is 0 Å². The smallest absolute Gasteiger partial charge is 0.237 e. The number of anilines is 2. The molecule has 1 aromatic carbocycles. The number of thioether (sulfide) groups is 1. The summed E-state index contributed by atoms with van der Waals surface area (Å²) in [6, 6.07) is 8.34. The van der Waals surface area contributed by atoms with Crippen LogP contribution in [0.1, 0.15) is 25.3 Å². The highest BCUT2D eigenvalue weighted by atomic mass is 32.2. The van der Waals surface area contributed by atoms with Gasteiger partial charge in [-0.05, 0) is 38.8 Å². The highest BCUT2D eigenvalue weighted by Gasteiger charge is 2.23. The molecule has 1 aliphatic carbocycles. The van der Waals surface area contributed by atoms with Crippen LogP contribution in [0.15, 0.2) is 28.6 Å². The summed E-state index contributed by atoms with van der Waals surface area (Å²) >= 11 is 2.94. The second-order valence-electron chi connectivity index (χ2n) is 5.41. The molecule has 116 valence electrons. The lowest BCUT2D eigenvalue weighted by Crippen LogP contribution is -2.22. The van der Waals surface area contributed by atoms with Gasteiger partial charge in [-0.1, -0.05) is 40.8 Å². The van der Waals surface area contributed by atoms with Crippen molar-refractivity contribution in [2.75, 3.05) is 10.6 Å². The highest BCUT2D eigenvalue weighted by molar-refractivity contribution is 8.02. The van der Waals surface area contributed by atoms with Crippen molar-refractivity contribution in [3.05, 3.63) is 29.8 Å². The summed E-state index contributed by atoms with van der Waals surface area (Å²) in [5, 5.41) is 15.1. The fourth-order valence-electron chi connectivity index (χ4n) is 1.80. The average molecular weight is 334 g/mol. The average Bonchev–Trinajstić information content (AvgIpc) is 3.20. The van der Waals surface area contributed by atoms with Crippen molar-refractivity contribution in [1.82, 2.24) is 10.2 Å². The number of nitrogens with one attached hydrogen (secondary N) is 2. The summed E-state index contributed by atoms with van der Waals surface area (Å²) < 4.78 is 0.815. The van der Waals surface area contributed by atoms with Crippen LogP contribution in [-0.2, 0) is 4.79 Å². The van der Waals surface area contributed by atoms with Gasteiger partial charge in [0.05, 0.1) is 5.25 Å². The minimum atomic E-state index is -0.219. The Labute approximate surface area is 137 Å². The van der Waals surface area contributed by atoms with Gasteiger partial charge in [0.15, 0.2) is 4.34 Å². The molecule has 1 saturated carbocycles. The van der Waals surface area contributed by atoms with E-state index in [0.717, 1.165) is 15.2 Å². The number of aromatic nitrogens is 2. The van der Waals surface area contributed by atoms with Gasteiger partial charge in [-0.15, -0.1) is 10.2 Å². The van der Waals surface area contributed by atoms with Crippen LogP contribution in [0.25, 0.3) is 0 Å². The molecule has 22 heavy (non-hydrogen) atoms. The number of nitrogens with zero attached hydrogens (tertiary/aromatic N) is 2. The van der Waals surface area contributed by atoms with E-state index in [1.165, 1.54) is 41.5 Å². The fourth-order valence-corrected chi connectivity index (χ4v) is 3.78. The molecule has 1 heterocycles. The van der Waals surface area contributed by atoms with E-state index in [2.05, 4.69) is 20.8 Å². The van der Waals surface area contributed by atoms with Gasteiger partial charge < -0.3 is 10.6 Å². The molecule has 0 bridgehead atoms.